The molecule has 146 valence electrons. The molecule has 0 spiro atoms. The largest absolute Gasteiger partial charge is 0.325 e. The lowest BCUT2D eigenvalue weighted by atomic mass is 9.87. The Morgan fingerprint density at radius 2 is 1.55 bits per heavy atom. The van der Waals surface area contributed by atoms with Crippen LogP contribution < -0.4 is 5.32 Å². The fourth-order valence-electron chi connectivity index (χ4n) is 3.44. The summed E-state index contributed by atoms with van der Waals surface area (Å²) in [6, 6.07) is 25.9. The normalized spacial score (nSPS) is 11.6. The Morgan fingerprint density at radius 1 is 0.897 bits per heavy atom. The second kappa shape index (κ2) is 7.55. The number of amides is 1. The van der Waals surface area contributed by atoms with E-state index in [-0.39, 0.29) is 17.9 Å². The fraction of sp³-hybridized carbons (Fsp3) is 0.200. The van der Waals surface area contributed by atoms with Crippen molar-refractivity contribution in [1.29, 1.82) is 0 Å². The Balaban J connectivity index is 1.70. The van der Waals surface area contributed by atoms with Gasteiger partial charge in [0, 0.05) is 11.3 Å². The molecule has 0 bridgehead atoms. The van der Waals surface area contributed by atoms with Gasteiger partial charge in [-0.3, -0.25) is 4.79 Å². The average Bonchev–Trinajstić information content (AvgIpc) is 3.06. The third-order valence-corrected chi connectivity index (χ3v) is 5.02. The lowest BCUT2D eigenvalue weighted by Gasteiger charge is -2.19. The highest BCUT2D eigenvalue weighted by Gasteiger charge is 2.17. The van der Waals surface area contributed by atoms with Crippen LogP contribution in [0.3, 0.4) is 0 Å². The number of carbonyl (C=O) groups is 1. The molecule has 1 N–H and O–H groups in total. The summed E-state index contributed by atoms with van der Waals surface area (Å²) in [5, 5.41) is 2.97. The van der Waals surface area contributed by atoms with Gasteiger partial charge in [0.05, 0.1) is 11.0 Å². The van der Waals surface area contributed by atoms with Crippen molar-refractivity contribution in [1.82, 2.24) is 9.55 Å². The number of carbonyl (C=O) groups excluding carboxylic acids is 1. The zero-order valence-electron chi connectivity index (χ0n) is 17.0. The van der Waals surface area contributed by atoms with Crippen LogP contribution in [0.4, 0.5) is 5.69 Å². The van der Waals surface area contributed by atoms with Gasteiger partial charge in [0.1, 0.15) is 12.4 Å². The van der Waals surface area contributed by atoms with Crippen molar-refractivity contribution in [3.63, 3.8) is 0 Å². The molecule has 1 amide bonds. The van der Waals surface area contributed by atoms with Crippen LogP contribution in [-0.4, -0.2) is 15.5 Å². The number of imidazole rings is 1. The summed E-state index contributed by atoms with van der Waals surface area (Å²) in [6.45, 7) is 6.80. The summed E-state index contributed by atoms with van der Waals surface area (Å²) in [5.74, 6) is 0.724. The van der Waals surface area contributed by atoms with Crippen LogP contribution in [0, 0.1) is 0 Å². The monoisotopic (exact) mass is 383 g/mol. The third kappa shape index (κ3) is 4.06. The van der Waals surface area contributed by atoms with E-state index in [9.17, 15) is 4.79 Å². The maximum absolute atomic E-state index is 12.7. The van der Waals surface area contributed by atoms with E-state index in [1.54, 1.807) is 0 Å². The van der Waals surface area contributed by atoms with Crippen LogP contribution in [-0.2, 0) is 16.8 Å². The number of rotatable bonds is 4. The number of hydrogen-bond donors (Lipinski definition) is 1. The maximum Gasteiger partial charge on any atom is 0.244 e. The minimum Gasteiger partial charge on any atom is -0.325 e. The summed E-state index contributed by atoms with van der Waals surface area (Å²) in [6.07, 6.45) is 0. The Bertz CT molecular complexity index is 1140. The molecule has 4 aromatic rings. The van der Waals surface area contributed by atoms with E-state index in [0.717, 1.165) is 28.1 Å². The van der Waals surface area contributed by atoms with Crippen LogP contribution in [0.1, 0.15) is 26.3 Å². The number of nitrogens with one attached hydrogen (secondary N) is 1. The van der Waals surface area contributed by atoms with Gasteiger partial charge in [-0.05, 0) is 35.2 Å². The van der Waals surface area contributed by atoms with Crippen molar-refractivity contribution in [2.75, 3.05) is 5.32 Å². The molecular weight excluding hydrogens is 358 g/mol. The van der Waals surface area contributed by atoms with Crippen molar-refractivity contribution in [3.8, 4) is 11.4 Å². The number of aromatic nitrogens is 2. The summed E-state index contributed by atoms with van der Waals surface area (Å²) in [5.41, 5.74) is 4.99. The highest BCUT2D eigenvalue weighted by Crippen LogP contribution is 2.28. The molecular formula is C25H25N3O. The number of benzene rings is 3. The average molecular weight is 383 g/mol. The van der Waals surface area contributed by atoms with Gasteiger partial charge in [-0.25, -0.2) is 4.98 Å². The van der Waals surface area contributed by atoms with Gasteiger partial charge >= 0.3 is 0 Å². The van der Waals surface area contributed by atoms with Crippen LogP contribution in [0.2, 0.25) is 0 Å². The third-order valence-electron chi connectivity index (χ3n) is 5.02. The quantitative estimate of drug-likeness (QED) is 0.496. The van der Waals surface area contributed by atoms with Gasteiger partial charge in [0.25, 0.3) is 0 Å². The molecule has 4 rings (SSSR count). The second-order valence-corrected chi connectivity index (χ2v) is 8.25. The minimum absolute atomic E-state index is 0.0769. The molecule has 4 nitrogen and oxygen atoms in total. The Labute approximate surface area is 171 Å². The number of fused-ring (bicyclic) bond motifs is 1. The summed E-state index contributed by atoms with van der Waals surface area (Å²) >= 11 is 0. The summed E-state index contributed by atoms with van der Waals surface area (Å²) in [7, 11) is 0. The summed E-state index contributed by atoms with van der Waals surface area (Å²) < 4.78 is 1.99. The molecule has 0 saturated heterocycles. The van der Waals surface area contributed by atoms with E-state index in [0.29, 0.717) is 0 Å². The first-order valence-corrected chi connectivity index (χ1v) is 9.83. The molecule has 0 fully saturated rings. The first-order valence-electron chi connectivity index (χ1n) is 9.83. The van der Waals surface area contributed by atoms with E-state index in [1.807, 2.05) is 59.2 Å². The SMILES string of the molecule is CC(C)(C)c1ccc(-c2nc3ccccc3n2CC(=O)Nc2ccccc2)cc1. The van der Waals surface area contributed by atoms with E-state index < -0.39 is 0 Å². The first-order chi connectivity index (χ1) is 13.9. The zero-order valence-corrected chi connectivity index (χ0v) is 17.0. The molecule has 0 unspecified atom stereocenters. The van der Waals surface area contributed by atoms with Gasteiger partial charge in [-0.1, -0.05) is 75.4 Å². The Hall–Kier alpha value is -3.40. The first kappa shape index (κ1) is 18.9. The summed E-state index contributed by atoms with van der Waals surface area (Å²) in [4.78, 5) is 17.6. The number of hydrogen-bond acceptors (Lipinski definition) is 2. The van der Waals surface area contributed by atoms with Gasteiger partial charge < -0.3 is 9.88 Å². The molecule has 0 saturated carbocycles. The number of anilines is 1. The van der Waals surface area contributed by atoms with Gasteiger partial charge in [0.2, 0.25) is 5.91 Å². The zero-order chi connectivity index (χ0) is 20.4. The van der Waals surface area contributed by atoms with E-state index in [1.165, 1.54) is 5.56 Å². The fourth-order valence-corrected chi connectivity index (χ4v) is 3.44. The molecule has 0 radical (unpaired) electrons. The molecule has 4 heteroatoms. The molecule has 1 heterocycles. The van der Waals surface area contributed by atoms with Crippen LogP contribution in [0.5, 0.6) is 0 Å². The molecule has 0 aliphatic carbocycles. The predicted molar refractivity (Wildman–Crippen MR) is 119 cm³/mol. The highest BCUT2D eigenvalue weighted by atomic mass is 16.1. The van der Waals surface area contributed by atoms with Crippen molar-refractivity contribution in [2.45, 2.75) is 32.7 Å². The van der Waals surface area contributed by atoms with Gasteiger partial charge in [0.15, 0.2) is 0 Å². The van der Waals surface area contributed by atoms with Crippen molar-refractivity contribution >= 4 is 22.6 Å². The standard InChI is InChI=1S/C25H25N3O/c1-25(2,3)19-15-13-18(14-16-19)24-27-21-11-7-8-12-22(21)28(24)17-23(29)26-20-9-5-4-6-10-20/h4-16H,17H2,1-3H3,(H,26,29). The predicted octanol–water partition coefficient (Wildman–Crippen LogP) is 5.64. The molecule has 29 heavy (non-hydrogen) atoms. The smallest absolute Gasteiger partial charge is 0.244 e. The van der Waals surface area contributed by atoms with E-state index >= 15 is 0 Å². The molecule has 1 aromatic heterocycles. The second-order valence-electron chi connectivity index (χ2n) is 8.25. The van der Waals surface area contributed by atoms with E-state index in [2.05, 4.69) is 50.4 Å². The Morgan fingerprint density at radius 3 is 2.24 bits per heavy atom. The van der Waals surface area contributed by atoms with Crippen LogP contribution in [0.25, 0.3) is 22.4 Å². The maximum atomic E-state index is 12.7. The van der Waals surface area contributed by atoms with E-state index in [4.69, 9.17) is 4.98 Å². The van der Waals surface area contributed by atoms with Crippen LogP contribution >= 0.6 is 0 Å². The highest BCUT2D eigenvalue weighted by molar-refractivity contribution is 5.92. The van der Waals surface area contributed by atoms with Gasteiger partial charge in [-0.2, -0.15) is 0 Å². The molecule has 0 aliphatic heterocycles. The van der Waals surface area contributed by atoms with Gasteiger partial charge in [-0.15, -0.1) is 0 Å². The minimum atomic E-state index is -0.0769. The number of para-hydroxylation sites is 3. The molecule has 0 aliphatic rings. The Kier molecular flexibility index (Phi) is 4.93. The van der Waals surface area contributed by atoms with Crippen LogP contribution in [0.15, 0.2) is 78.9 Å². The van der Waals surface area contributed by atoms with Crippen molar-refractivity contribution < 1.29 is 4.79 Å². The van der Waals surface area contributed by atoms with Crippen molar-refractivity contribution in [3.05, 3.63) is 84.4 Å². The topological polar surface area (TPSA) is 46.9 Å². The molecule has 0 atom stereocenters. The van der Waals surface area contributed by atoms with Crippen molar-refractivity contribution in [2.24, 2.45) is 0 Å². The lowest BCUT2D eigenvalue weighted by Crippen LogP contribution is -2.19. The lowest BCUT2D eigenvalue weighted by molar-refractivity contribution is -0.116. The molecule has 3 aromatic carbocycles. The number of nitrogens with zero attached hydrogens (tertiary/aromatic N) is 2.